The molecule has 0 radical (unpaired) electrons. The lowest BCUT2D eigenvalue weighted by atomic mass is 9.87. The van der Waals surface area contributed by atoms with Crippen molar-refractivity contribution < 1.29 is 9.18 Å². The molecule has 0 atom stereocenters. The van der Waals surface area contributed by atoms with E-state index in [1.54, 1.807) is 6.07 Å². The van der Waals surface area contributed by atoms with Gasteiger partial charge in [-0.25, -0.2) is 4.39 Å². The summed E-state index contributed by atoms with van der Waals surface area (Å²) in [7, 11) is 0. The van der Waals surface area contributed by atoms with Gasteiger partial charge in [0.05, 0.1) is 0 Å². The van der Waals surface area contributed by atoms with Crippen molar-refractivity contribution >= 4 is 16.8 Å². The van der Waals surface area contributed by atoms with Crippen molar-refractivity contribution in [3.8, 4) is 0 Å². The number of nitrogens with one attached hydrogen (secondary N) is 2. The lowest BCUT2D eigenvalue weighted by molar-refractivity contribution is 0.0954. The quantitative estimate of drug-likeness (QED) is 0.719. The Morgan fingerprint density at radius 2 is 1.84 bits per heavy atom. The predicted molar refractivity (Wildman–Crippen MR) is 99.4 cm³/mol. The van der Waals surface area contributed by atoms with Crippen LogP contribution in [0.3, 0.4) is 0 Å². The van der Waals surface area contributed by atoms with Crippen LogP contribution in [-0.4, -0.2) is 17.4 Å². The van der Waals surface area contributed by atoms with Gasteiger partial charge in [-0.1, -0.05) is 32.9 Å². The van der Waals surface area contributed by atoms with Gasteiger partial charge in [-0.2, -0.15) is 0 Å². The number of aromatic nitrogens is 1. The van der Waals surface area contributed by atoms with Gasteiger partial charge in [-0.3, -0.25) is 4.79 Å². The van der Waals surface area contributed by atoms with E-state index in [0.717, 1.165) is 16.5 Å². The van der Waals surface area contributed by atoms with Crippen molar-refractivity contribution in [2.45, 2.75) is 32.6 Å². The second-order valence-electron chi connectivity index (χ2n) is 7.34. The molecule has 25 heavy (non-hydrogen) atoms. The van der Waals surface area contributed by atoms with Gasteiger partial charge >= 0.3 is 0 Å². The topological polar surface area (TPSA) is 44.9 Å². The molecule has 0 aliphatic carbocycles. The highest BCUT2D eigenvalue weighted by atomic mass is 19.1. The SMILES string of the molecule is CC(C)(C)c1ccc(C(=O)NCCc2c[nH]c3ccc(F)cc23)cc1. The van der Waals surface area contributed by atoms with Gasteiger partial charge in [0.25, 0.3) is 5.91 Å². The average molecular weight is 338 g/mol. The zero-order chi connectivity index (χ0) is 18.0. The molecule has 3 rings (SSSR count). The summed E-state index contributed by atoms with van der Waals surface area (Å²) in [6.07, 6.45) is 2.52. The number of halogens is 1. The summed E-state index contributed by atoms with van der Waals surface area (Å²) in [5.74, 6) is -0.345. The molecule has 1 heterocycles. The maximum absolute atomic E-state index is 13.4. The van der Waals surface area contributed by atoms with Crippen molar-refractivity contribution in [2.75, 3.05) is 6.54 Å². The Hall–Kier alpha value is -2.62. The number of rotatable bonds is 4. The standard InChI is InChI=1S/C21H23FN2O/c1-21(2,3)16-6-4-14(5-7-16)20(25)23-11-10-15-13-24-19-9-8-17(22)12-18(15)19/h4-9,12-13,24H,10-11H2,1-3H3,(H,23,25). The lowest BCUT2D eigenvalue weighted by Crippen LogP contribution is -2.25. The Morgan fingerprint density at radius 1 is 1.12 bits per heavy atom. The number of aromatic amines is 1. The molecule has 0 spiro atoms. The average Bonchev–Trinajstić information content (AvgIpc) is 2.96. The summed E-state index contributed by atoms with van der Waals surface area (Å²) in [6.45, 7) is 6.94. The molecule has 3 aromatic rings. The van der Waals surface area contributed by atoms with E-state index in [9.17, 15) is 9.18 Å². The van der Waals surface area contributed by atoms with Crippen molar-refractivity contribution in [3.05, 3.63) is 71.2 Å². The summed E-state index contributed by atoms with van der Waals surface area (Å²) in [6, 6.07) is 12.4. The fourth-order valence-corrected chi connectivity index (χ4v) is 2.89. The van der Waals surface area contributed by atoms with Gasteiger partial charge in [0.1, 0.15) is 5.82 Å². The van der Waals surface area contributed by atoms with Gasteiger partial charge in [-0.15, -0.1) is 0 Å². The van der Waals surface area contributed by atoms with Crippen molar-refractivity contribution in [1.82, 2.24) is 10.3 Å². The van der Waals surface area contributed by atoms with E-state index in [1.807, 2.05) is 30.5 Å². The number of amides is 1. The van der Waals surface area contributed by atoms with Gasteiger partial charge < -0.3 is 10.3 Å². The molecule has 0 aliphatic heterocycles. The number of hydrogen-bond acceptors (Lipinski definition) is 1. The van der Waals surface area contributed by atoms with Crippen LogP contribution in [0, 0.1) is 5.82 Å². The first kappa shape index (κ1) is 17.2. The van der Waals surface area contributed by atoms with Crippen LogP contribution in [0.25, 0.3) is 10.9 Å². The number of benzene rings is 2. The van der Waals surface area contributed by atoms with E-state index in [1.165, 1.54) is 17.7 Å². The fourth-order valence-electron chi connectivity index (χ4n) is 2.89. The Kier molecular flexibility index (Phi) is 4.62. The minimum absolute atomic E-state index is 0.0691. The first-order chi connectivity index (χ1) is 11.8. The van der Waals surface area contributed by atoms with Crippen LogP contribution in [-0.2, 0) is 11.8 Å². The van der Waals surface area contributed by atoms with Crippen LogP contribution in [0.15, 0.2) is 48.7 Å². The van der Waals surface area contributed by atoms with Gasteiger partial charge in [0, 0.05) is 29.2 Å². The van der Waals surface area contributed by atoms with E-state index in [2.05, 4.69) is 31.1 Å². The number of hydrogen-bond donors (Lipinski definition) is 2. The van der Waals surface area contributed by atoms with E-state index in [4.69, 9.17) is 0 Å². The summed E-state index contributed by atoms with van der Waals surface area (Å²) >= 11 is 0. The minimum Gasteiger partial charge on any atom is -0.361 e. The Morgan fingerprint density at radius 3 is 2.52 bits per heavy atom. The van der Waals surface area contributed by atoms with E-state index < -0.39 is 0 Å². The van der Waals surface area contributed by atoms with E-state index in [-0.39, 0.29) is 17.1 Å². The third-order valence-electron chi connectivity index (χ3n) is 4.42. The number of carbonyl (C=O) groups is 1. The highest BCUT2D eigenvalue weighted by Gasteiger charge is 2.14. The second-order valence-corrected chi connectivity index (χ2v) is 7.34. The van der Waals surface area contributed by atoms with Gasteiger partial charge in [0.2, 0.25) is 0 Å². The van der Waals surface area contributed by atoms with Crippen molar-refractivity contribution in [2.24, 2.45) is 0 Å². The van der Waals surface area contributed by atoms with E-state index in [0.29, 0.717) is 18.5 Å². The molecular formula is C21H23FN2O. The molecule has 2 N–H and O–H groups in total. The Labute approximate surface area is 147 Å². The maximum Gasteiger partial charge on any atom is 0.251 e. The molecule has 0 aliphatic rings. The third kappa shape index (κ3) is 3.90. The van der Waals surface area contributed by atoms with Crippen molar-refractivity contribution in [1.29, 1.82) is 0 Å². The van der Waals surface area contributed by atoms with Crippen LogP contribution in [0.5, 0.6) is 0 Å². The number of fused-ring (bicyclic) bond motifs is 1. The van der Waals surface area contributed by atoms with Crippen LogP contribution < -0.4 is 5.32 Å². The third-order valence-corrected chi connectivity index (χ3v) is 4.42. The normalized spacial score (nSPS) is 11.7. The summed E-state index contributed by atoms with van der Waals surface area (Å²) in [4.78, 5) is 15.4. The molecule has 3 nitrogen and oxygen atoms in total. The maximum atomic E-state index is 13.4. The molecule has 0 unspecified atom stereocenters. The molecule has 1 aromatic heterocycles. The number of H-pyrrole nitrogens is 1. The molecular weight excluding hydrogens is 315 g/mol. The van der Waals surface area contributed by atoms with E-state index >= 15 is 0 Å². The Balaban J connectivity index is 1.61. The van der Waals surface area contributed by atoms with Crippen LogP contribution in [0.4, 0.5) is 4.39 Å². The lowest BCUT2D eigenvalue weighted by Gasteiger charge is -2.19. The fraction of sp³-hybridized carbons (Fsp3) is 0.286. The molecule has 130 valence electrons. The van der Waals surface area contributed by atoms with Crippen LogP contribution >= 0.6 is 0 Å². The molecule has 0 saturated heterocycles. The molecule has 0 saturated carbocycles. The monoisotopic (exact) mass is 338 g/mol. The zero-order valence-corrected chi connectivity index (χ0v) is 14.8. The molecule has 0 bridgehead atoms. The number of carbonyl (C=O) groups excluding carboxylic acids is 1. The molecule has 0 fully saturated rings. The summed E-state index contributed by atoms with van der Waals surface area (Å²) in [5.41, 5.74) is 3.82. The summed E-state index contributed by atoms with van der Waals surface area (Å²) in [5, 5.41) is 3.79. The zero-order valence-electron chi connectivity index (χ0n) is 14.8. The van der Waals surface area contributed by atoms with Gasteiger partial charge in [0.15, 0.2) is 0 Å². The van der Waals surface area contributed by atoms with Crippen LogP contribution in [0.2, 0.25) is 0 Å². The predicted octanol–water partition coefficient (Wildman–Crippen LogP) is 4.58. The first-order valence-corrected chi connectivity index (χ1v) is 8.49. The first-order valence-electron chi connectivity index (χ1n) is 8.49. The van der Waals surface area contributed by atoms with Crippen LogP contribution in [0.1, 0.15) is 42.3 Å². The minimum atomic E-state index is -0.253. The highest BCUT2D eigenvalue weighted by molar-refractivity contribution is 5.94. The van der Waals surface area contributed by atoms with Crippen molar-refractivity contribution in [3.63, 3.8) is 0 Å². The Bertz CT molecular complexity index is 888. The smallest absolute Gasteiger partial charge is 0.251 e. The molecule has 4 heteroatoms. The largest absolute Gasteiger partial charge is 0.361 e. The second kappa shape index (κ2) is 6.71. The summed E-state index contributed by atoms with van der Waals surface area (Å²) < 4.78 is 13.4. The molecule has 2 aromatic carbocycles. The van der Waals surface area contributed by atoms with Gasteiger partial charge in [-0.05, 0) is 53.3 Å². The highest BCUT2D eigenvalue weighted by Crippen LogP contribution is 2.22. The molecule has 1 amide bonds.